The van der Waals surface area contributed by atoms with Gasteiger partial charge in [0.25, 0.3) is 0 Å². The maximum absolute atomic E-state index is 11.7. The zero-order valence-electron chi connectivity index (χ0n) is 11.4. The standard InChI is InChI=1S/C11H24N2O3S/c1-6-9(3)12-11(14)8-13(10(4)7-2)17(5,15)16/h9-10H,6-8H2,1-5H3,(H,12,14). The summed E-state index contributed by atoms with van der Waals surface area (Å²) in [5.74, 6) is -0.245. The number of nitrogens with zero attached hydrogens (tertiary/aromatic N) is 1. The summed E-state index contributed by atoms with van der Waals surface area (Å²) >= 11 is 0. The lowest BCUT2D eigenvalue weighted by atomic mass is 10.2. The van der Waals surface area contributed by atoms with Crippen molar-refractivity contribution in [2.24, 2.45) is 0 Å². The molecule has 0 fully saturated rings. The van der Waals surface area contributed by atoms with Gasteiger partial charge in [-0.3, -0.25) is 4.79 Å². The largest absolute Gasteiger partial charge is 0.353 e. The van der Waals surface area contributed by atoms with Crippen molar-refractivity contribution >= 4 is 15.9 Å². The number of amides is 1. The van der Waals surface area contributed by atoms with Crippen molar-refractivity contribution < 1.29 is 13.2 Å². The van der Waals surface area contributed by atoms with Crippen LogP contribution in [0.15, 0.2) is 0 Å². The first-order valence-corrected chi connectivity index (χ1v) is 7.83. The lowest BCUT2D eigenvalue weighted by Crippen LogP contribution is -2.46. The highest BCUT2D eigenvalue weighted by atomic mass is 32.2. The average molecular weight is 264 g/mol. The molecule has 2 atom stereocenters. The Morgan fingerprint density at radius 3 is 2.12 bits per heavy atom. The highest BCUT2D eigenvalue weighted by Gasteiger charge is 2.24. The zero-order valence-corrected chi connectivity index (χ0v) is 12.2. The van der Waals surface area contributed by atoms with Gasteiger partial charge in [-0.25, -0.2) is 8.42 Å². The molecule has 0 aliphatic rings. The predicted molar refractivity (Wildman–Crippen MR) is 69.2 cm³/mol. The van der Waals surface area contributed by atoms with Crippen molar-refractivity contribution in [2.45, 2.75) is 52.6 Å². The minimum Gasteiger partial charge on any atom is -0.353 e. The summed E-state index contributed by atoms with van der Waals surface area (Å²) in [5.41, 5.74) is 0. The van der Waals surface area contributed by atoms with Crippen molar-refractivity contribution in [1.82, 2.24) is 9.62 Å². The summed E-state index contributed by atoms with van der Waals surface area (Å²) < 4.78 is 24.4. The second-order valence-electron chi connectivity index (χ2n) is 4.44. The molecule has 0 aromatic heterocycles. The van der Waals surface area contributed by atoms with Crippen LogP contribution in [0.3, 0.4) is 0 Å². The van der Waals surface area contributed by atoms with Gasteiger partial charge in [0.15, 0.2) is 0 Å². The zero-order chi connectivity index (χ0) is 13.6. The number of carbonyl (C=O) groups excluding carboxylic acids is 1. The topological polar surface area (TPSA) is 66.5 Å². The van der Waals surface area contributed by atoms with Gasteiger partial charge in [-0.2, -0.15) is 4.31 Å². The van der Waals surface area contributed by atoms with E-state index in [1.54, 1.807) is 6.92 Å². The fourth-order valence-electron chi connectivity index (χ4n) is 1.37. The molecular weight excluding hydrogens is 240 g/mol. The molecule has 0 bridgehead atoms. The van der Waals surface area contributed by atoms with Crippen LogP contribution in [0.25, 0.3) is 0 Å². The van der Waals surface area contributed by atoms with Crippen LogP contribution in [-0.2, 0) is 14.8 Å². The van der Waals surface area contributed by atoms with Crippen molar-refractivity contribution in [2.75, 3.05) is 12.8 Å². The maximum Gasteiger partial charge on any atom is 0.235 e. The van der Waals surface area contributed by atoms with Crippen LogP contribution in [0, 0.1) is 0 Å². The summed E-state index contributed by atoms with van der Waals surface area (Å²) in [5, 5.41) is 2.77. The van der Waals surface area contributed by atoms with E-state index in [9.17, 15) is 13.2 Å². The molecule has 17 heavy (non-hydrogen) atoms. The monoisotopic (exact) mass is 264 g/mol. The number of carbonyl (C=O) groups is 1. The molecule has 0 heterocycles. The number of sulfonamides is 1. The first-order valence-electron chi connectivity index (χ1n) is 5.98. The normalized spacial score (nSPS) is 15.6. The molecule has 0 aliphatic carbocycles. The summed E-state index contributed by atoms with van der Waals surface area (Å²) in [6, 6.07) is -0.0893. The molecule has 6 heteroatoms. The predicted octanol–water partition coefficient (Wildman–Crippen LogP) is 0.961. The van der Waals surface area contributed by atoms with Crippen LogP contribution < -0.4 is 5.32 Å². The van der Waals surface area contributed by atoms with Crippen molar-refractivity contribution in [3.05, 3.63) is 0 Å². The number of hydrogen-bond acceptors (Lipinski definition) is 3. The second-order valence-corrected chi connectivity index (χ2v) is 6.38. The summed E-state index contributed by atoms with van der Waals surface area (Å²) in [6.07, 6.45) is 2.65. The first-order chi connectivity index (χ1) is 7.72. The molecular formula is C11H24N2O3S. The molecule has 0 radical (unpaired) electrons. The van der Waals surface area contributed by atoms with E-state index in [1.165, 1.54) is 4.31 Å². The molecule has 0 aliphatic heterocycles. The smallest absolute Gasteiger partial charge is 0.235 e. The van der Waals surface area contributed by atoms with E-state index >= 15 is 0 Å². The molecule has 2 unspecified atom stereocenters. The van der Waals surface area contributed by atoms with Crippen molar-refractivity contribution in [3.8, 4) is 0 Å². The van der Waals surface area contributed by atoms with Crippen LogP contribution in [-0.4, -0.2) is 43.5 Å². The Morgan fingerprint density at radius 2 is 1.76 bits per heavy atom. The highest BCUT2D eigenvalue weighted by Crippen LogP contribution is 2.08. The molecule has 102 valence electrons. The van der Waals surface area contributed by atoms with E-state index in [0.29, 0.717) is 6.42 Å². The van der Waals surface area contributed by atoms with Gasteiger partial charge < -0.3 is 5.32 Å². The SMILES string of the molecule is CCC(C)NC(=O)CN(C(C)CC)S(C)(=O)=O. The van der Waals surface area contributed by atoms with Gasteiger partial charge in [-0.1, -0.05) is 13.8 Å². The maximum atomic E-state index is 11.7. The van der Waals surface area contributed by atoms with Gasteiger partial charge >= 0.3 is 0 Å². The molecule has 0 spiro atoms. The molecule has 1 amide bonds. The summed E-state index contributed by atoms with van der Waals surface area (Å²) in [4.78, 5) is 11.7. The molecule has 1 N–H and O–H groups in total. The fourth-order valence-corrected chi connectivity index (χ4v) is 2.52. The Balaban J connectivity index is 4.61. The van der Waals surface area contributed by atoms with Gasteiger partial charge in [0.2, 0.25) is 15.9 Å². The Kier molecular flexibility index (Phi) is 6.70. The van der Waals surface area contributed by atoms with Crippen LogP contribution in [0.4, 0.5) is 0 Å². The molecule has 0 saturated carbocycles. The average Bonchev–Trinajstić information content (AvgIpc) is 2.23. The van der Waals surface area contributed by atoms with E-state index in [4.69, 9.17) is 0 Å². The molecule has 0 aromatic carbocycles. The molecule has 0 rings (SSSR count). The van der Waals surface area contributed by atoms with E-state index in [1.807, 2.05) is 20.8 Å². The first kappa shape index (κ1) is 16.4. The number of rotatable bonds is 7. The van der Waals surface area contributed by atoms with Crippen LogP contribution in [0.2, 0.25) is 0 Å². The van der Waals surface area contributed by atoms with Crippen LogP contribution in [0.5, 0.6) is 0 Å². The highest BCUT2D eigenvalue weighted by molar-refractivity contribution is 7.88. The van der Waals surface area contributed by atoms with Crippen molar-refractivity contribution in [3.63, 3.8) is 0 Å². The molecule has 5 nitrogen and oxygen atoms in total. The molecule has 0 saturated heterocycles. The minimum absolute atomic E-state index is 0.0702. The second kappa shape index (κ2) is 6.96. The van der Waals surface area contributed by atoms with E-state index in [-0.39, 0.29) is 24.5 Å². The third-order valence-electron chi connectivity index (χ3n) is 2.83. The van der Waals surface area contributed by atoms with Gasteiger partial charge in [0.05, 0.1) is 12.8 Å². The van der Waals surface area contributed by atoms with Gasteiger partial charge in [-0.15, -0.1) is 0 Å². The van der Waals surface area contributed by atoms with Gasteiger partial charge in [0.1, 0.15) is 0 Å². The summed E-state index contributed by atoms with van der Waals surface area (Å²) in [6.45, 7) is 7.46. The fraction of sp³-hybridized carbons (Fsp3) is 0.909. The Morgan fingerprint density at radius 1 is 1.24 bits per heavy atom. The third kappa shape index (κ3) is 6.02. The van der Waals surface area contributed by atoms with Crippen LogP contribution >= 0.6 is 0 Å². The Bertz CT molecular complexity index is 341. The van der Waals surface area contributed by atoms with Crippen LogP contribution in [0.1, 0.15) is 40.5 Å². The Hall–Kier alpha value is -0.620. The van der Waals surface area contributed by atoms with E-state index in [2.05, 4.69) is 5.32 Å². The lowest BCUT2D eigenvalue weighted by Gasteiger charge is -2.25. The number of nitrogens with one attached hydrogen (secondary N) is 1. The van der Waals surface area contributed by atoms with E-state index < -0.39 is 10.0 Å². The van der Waals surface area contributed by atoms with Gasteiger partial charge in [0, 0.05) is 12.1 Å². The lowest BCUT2D eigenvalue weighted by molar-refractivity contribution is -0.122. The summed E-state index contributed by atoms with van der Waals surface area (Å²) in [7, 11) is -3.34. The molecule has 0 aromatic rings. The Labute approximate surface area is 105 Å². The number of hydrogen-bond donors (Lipinski definition) is 1. The quantitative estimate of drug-likeness (QED) is 0.745. The van der Waals surface area contributed by atoms with Gasteiger partial charge in [-0.05, 0) is 26.7 Å². The van der Waals surface area contributed by atoms with Crippen molar-refractivity contribution in [1.29, 1.82) is 0 Å². The minimum atomic E-state index is -3.34. The third-order valence-corrected chi connectivity index (χ3v) is 4.17. The van der Waals surface area contributed by atoms with E-state index in [0.717, 1.165) is 12.7 Å².